The van der Waals surface area contributed by atoms with E-state index in [9.17, 15) is 4.79 Å². The zero-order chi connectivity index (χ0) is 11.8. The number of nitrogens with zero attached hydrogens (tertiary/aromatic N) is 2. The topological polar surface area (TPSA) is 86.6 Å². The minimum absolute atomic E-state index is 0.257. The van der Waals surface area contributed by atoms with Gasteiger partial charge < -0.3 is 5.11 Å². The Balaban J connectivity index is 2.46. The molecule has 16 heavy (non-hydrogen) atoms. The van der Waals surface area contributed by atoms with Crippen LogP contribution in [-0.2, 0) is 4.79 Å². The quantitative estimate of drug-likeness (QED) is 0.410. The first-order chi connectivity index (χ1) is 7.72. The van der Waals surface area contributed by atoms with Crippen molar-refractivity contribution in [3.8, 4) is 0 Å². The molecule has 0 aliphatic heterocycles. The molecule has 1 aromatic heterocycles. The summed E-state index contributed by atoms with van der Waals surface area (Å²) >= 11 is 1.32. The van der Waals surface area contributed by atoms with Gasteiger partial charge in [0.25, 0.3) is 0 Å². The number of aliphatic imine (C=N–C) groups is 1. The summed E-state index contributed by atoms with van der Waals surface area (Å²) in [6.07, 6.45) is 3.45. The number of carboxylic acids is 1. The third-order valence-electron chi connectivity index (χ3n) is 1.51. The van der Waals surface area contributed by atoms with Gasteiger partial charge in [0.15, 0.2) is 5.17 Å². The zero-order valence-corrected chi connectivity index (χ0v) is 9.49. The summed E-state index contributed by atoms with van der Waals surface area (Å²) in [6.45, 7) is -0.257. The number of aromatic nitrogens is 1. The molecule has 7 heteroatoms. The molecule has 0 radical (unpaired) electrons. The van der Waals surface area contributed by atoms with Crippen LogP contribution < -0.4 is 10.9 Å². The first-order valence-corrected chi connectivity index (χ1v) is 5.68. The standard InChI is InChI=1S/C9H12N4O2S/c1-16-9(11-6-8(14)15)13-12-7-4-2-3-5-10-7/h2-5H,6H2,1H3,(H,10,12)(H,11,13)(H,14,15). The molecule has 0 amide bonds. The lowest BCUT2D eigenvalue weighted by atomic mass is 10.5. The van der Waals surface area contributed by atoms with Crippen molar-refractivity contribution in [2.24, 2.45) is 4.99 Å². The summed E-state index contributed by atoms with van der Waals surface area (Å²) < 4.78 is 0. The van der Waals surface area contributed by atoms with Crippen molar-refractivity contribution in [1.29, 1.82) is 0 Å². The summed E-state index contributed by atoms with van der Waals surface area (Å²) in [5.41, 5.74) is 5.59. The fraction of sp³-hybridized carbons (Fsp3) is 0.222. The molecule has 0 saturated heterocycles. The van der Waals surface area contributed by atoms with Gasteiger partial charge in [0, 0.05) is 6.20 Å². The lowest BCUT2D eigenvalue weighted by molar-refractivity contribution is -0.135. The zero-order valence-electron chi connectivity index (χ0n) is 8.67. The number of pyridine rings is 1. The molecule has 0 aliphatic rings. The van der Waals surface area contributed by atoms with Gasteiger partial charge in [-0.25, -0.2) is 9.98 Å². The molecule has 0 fully saturated rings. The van der Waals surface area contributed by atoms with Crippen molar-refractivity contribution in [2.45, 2.75) is 0 Å². The maximum absolute atomic E-state index is 10.3. The predicted octanol–water partition coefficient (Wildman–Crippen LogP) is 0.802. The molecule has 6 nitrogen and oxygen atoms in total. The van der Waals surface area contributed by atoms with Crippen molar-refractivity contribution in [2.75, 3.05) is 18.2 Å². The maximum atomic E-state index is 10.3. The predicted molar refractivity (Wildman–Crippen MR) is 64.4 cm³/mol. The van der Waals surface area contributed by atoms with Crippen LogP contribution in [0.25, 0.3) is 0 Å². The highest BCUT2D eigenvalue weighted by Crippen LogP contribution is 1.99. The molecule has 0 aromatic carbocycles. The number of amidine groups is 1. The van der Waals surface area contributed by atoms with Crippen LogP contribution >= 0.6 is 11.8 Å². The van der Waals surface area contributed by atoms with Crippen molar-refractivity contribution in [3.05, 3.63) is 24.4 Å². The van der Waals surface area contributed by atoms with E-state index in [1.165, 1.54) is 11.8 Å². The van der Waals surface area contributed by atoms with E-state index in [1.54, 1.807) is 24.6 Å². The van der Waals surface area contributed by atoms with Gasteiger partial charge in [0.2, 0.25) is 0 Å². The van der Waals surface area contributed by atoms with Crippen LogP contribution in [0.1, 0.15) is 0 Å². The number of hydrazine groups is 1. The molecular formula is C9H12N4O2S. The van der Waals surface area contributed by atoms with E-state index < -0.39 is 5.97 Å². The smallest absolute Gasteiger partial charge is 0.325 e. The third-order valence-corrected chi connectivity index (χ3v) is 2.13. The summed E-state index contributed by atoms with van der Waals surface area (Å²) in [4.78, 5) is 18.2. The van der Waals surface area contributed by atoms with Gasteiger partial charge in [-0.3, -0.25) is 15.6 Å². The summed E-state index contributed by atoms with van der Waals surface area (Å²) in [5, 5.41) is 8.96. The summed E-state index contributed by atoms with van der Waals surface area (Å²) in [7, 11) is 0. The Morgan fingerprint density at radius 2 is 2.44 bits per heavy atom. The van der Waals surface area contributed by atoms with Crippen LogP contribution in [0.2, 0.25) is 0 Å². The van der Waals surface area contributed by atoms with Gasteiger partial charge in [0.05, 0.1) is 0 Å². The Morgan fingerprint density at radius 1 is 1.62 bits per heavy atom. The Kier molecular flexibility index (Phi) is 5.13. The van der Waals surface area contributed by atoms with Crippen LogP contribution in [0.5, 0.6) is 0 Å². The maximum Gasteiger partial charge on any atom is 0.325 e. The molecule has 0 unspecified atom stereocenters. The summed E-state index contributed by atoms with van der Waals surface area (Å²) in [6, 6.07) is 5.42. The second kappa shape index (κ2) is 6.67. The van der Waals surface area contributed by atoms with Crippen LogP contribution in [0.3, 0.4) is 0 Å². The Labute approximate surface area is 97.2 Å². The molecule has 86 valence electrons. The van der Waals surface area contributed by atoms with Gasteiger partial charge in [-0.15, -0.1) is 0 Å². The van der Waals surface area contributed by atoms with E-state index in [2.05, 4.69) is 20.8 Å². The van der Waals surface area contributed by atoms with E-state index in [4.69, 9.17) is 5.11 Å². The fourth-order valence-electron chi connectivity index (χ4n) is 0.849. The SMILES string of the molecule is CSC(=NCC(=O)O)NNc1ccccn1. The number of anilines is 1. The Hall–Kier alpha value is -1.76. The third kappa shape index (κ3) is 4.65. The number of nitrogens with one attached hydrogen (secondary N) is 2. The Morgan fingerprint density at radius 3 is 3.00 bits per heavy atom. The number of carboxylic acid groups (broad SMARTS) is 1. The number of rotatable bonds is 4. The molecule has 1 rings (SSSR count). The van der Waals surface area contributed by atoms with Crippen LogP contribution in [-0.4, -0.2) is 34.0 Å². The number of hydrogen-bond donors (Lipinski definition) is 3. The number of thioether (sulfide) groups is 1. The van der Waals surface area contributed by atoms with E-state index in [1.807, 2.05) is 6.07 Å². The minimum Gasteiger partial charge on any atom is -0.480 e. The second-order valence-electron chi connectivity index (χ2n) is 2.68. The molecule has 0 saturated carbocycles. The fourth-order valence-corrected chi connectivity index (χ4v) is 1.20. The van der Waals surface area contributed by atoms with E-state index in [0.29, 0.717) is 11.0 Å². The molecule has 1 aromatic rings. The number of carbonyl (C=O) groups is 1. The van der Waals surface area contributed by atoms with Crippen LogP contribution in [0.15, 0.2) is 29.4 Å². The van der Waals surface area contributed by atoms with Crippen molar-refractivity contribution < 1.29 is 9.90 Å². The van der Waals surface area contributed by atoms with Crippen LogP contribution in [0.4, 0.5) is 5.82 Å². The number of aliphatic carboxylic acids is 1. The monoisotopic (exact) mass is 240 g/mol. The first-order valence-electron chi connectivity index (χ1n) is 4.45. The van der Waals surface area contributed by atoms with Gasteiger partial charge in [-0.2, -0.15) is 0 Å². The minimum atomic E-state index is -0.966. The molecule has 3 N–H and O–H groups in total. The first kappa shape index (κ1) is 12.3. The molecule has 0 spiro atoms. The molecule has 0 bridgehead atoms. The lowest BCUT2D eigenvalue weighted by Gasteiger charge is -2.08. The molecule has 1 heterocycles. The molecule has 0 aliphatic carbocycles. The number of hydrogen-bond acceptors (Lipinski definition) is 5. The highest BCUT2D eigenvalue weighted by Gasteiger charge is 1.98. The second-order valence-corrected chi connectivity index (χ2v) is 3.48. The van der Waals surface area contributed by atoms with Crippen molar-refractivity contribution in [3.63, 3.8) is 0 Å². The lowest BCUT2D eigenvalue weighted by Crippen LogP contribution is -2.28. The summed E-state index contributed by atoms with van der Waals surface area (Å²) in [5.74, 6) is -0.328. The largest absolute Gasteiger partial charge is 0.480 e. The normalized spacial score (nSPS) is 10.9. The highest BCUT2D eigenvalue weighted by atomic mass is 32.2. The highest BCUT2D eigenvalue weighted by molar-refractivity contribution is 8.13. The van der Waals surface area contributed by atoms with Crippen molar-refractivity contribution >= 4 is 28.7 Å². The average molecular weight is 240 g/mol. The molecular weight excluding hydrogens is 228 g/mol. The van der Waals surface area contributed by atoms with Crippen LogP contribution in [0, 0.1) is 0 Å². The Bertz CT molecular complexity index is 369. The van der Waals surface area contributed by atoms with Gasteiger partial charge in [-0.05, 0) is 18.4 Å². The van der Waals surface area contributed by atoms with Crippen molar-refractivity contribution in [1.82, 2.24) is 10.4 Å². The average Bonchev–Trinajstić information content (AvgIpc) is 2.30. The van der Waals surface area contributed by atoms with Gasteiger partial charge in [0.1, 0.15) is 12.4 Å². The van der Waals surface area contributed by atoms with Gasteiger partial charge >= 0.3 is 5.97 Å². The van der Waals surface area contributed by atoms with E-state index in [-0.39, 0.29) is 6.54 Å². The van der Waals surface area contributed by atoms with Gasteiger partial charge in [-0.1, -0.05) is 17.8 Å². The van der Waals surface area contributed by atoms with E-state index in [0.717, 1.165) is 0 Å². The molecule has 0 atom stereocenters. The van der Waals surface area contributed by atoms with E-state index >= 15 is 0 Å².